The van der Waals surface area contributed by atoms with Gasteiger partial charge >= 0.3 is 5.97 Å². The Morgan fingerprint density at radius 3 is 2.50 bits per heavy atom. The maximum atomic E-state index is 12.0. The molecule has 0 spiro atoms. The lowest BCUT2D eigenvalue weighted by molar-refractivity contribution is 0.0597. The molecule has 1 fully saturated rings. The summed E-state index contributed by atoms with van der Waals surface area (Å²) in [5.74, 6) is 0.863. The van der Waals surface area contributed by atoms with Gasteiger partial charge in [0.25, 0.3) is 0 Å². The van der Waals surface area contributed by atoms with E-state index in [0.717, 1.165) is 37.6 Å². The number of halogens is 1. The lowest BCUT2D eigenvalue weighted by Crippen LogP contribution is -2.43. The summed E-state index contributed by atoms with van der Waals surface area (Å²) in [5, 5.41) is 6.83. The van der Waals surface area contributed by atoms with Crippen LogP contribution in [0.15, 0.2) is 23.2 Å². The average Bonchev–Trinajstić information content (AvgIpc) is 3.22. The zero-order chi connectivity index (χ0) is 21.1. The smallest absolute Gasteiger partial charge is 0.341 e. The van der Waals surface area contributed by atoms with E-state index in [-0.39, 0.29) is 29.4 Å². The van der Waals surface area contributed by atoms with Crippen LogP contribution in [0.5, 0.6) is 5.75 Å². The fourth-order valence-electron chi connectivity index (χ4n) is 3.87. The van der Waals surface area contributed by atoms with E-state index in [1.54, 1.807) is 19.2 Å². The van der Waals surface area contributed by atoms with Gasteiger partial charge in [-0.3, -0.25) is 0 Å². The van der Waals surface area contributed by atoms with Crippen molar-refractivity contribution in [3.63, 3.8) is 0 Å². The van der Waals surface area contributed by atoms with Crippen LogP contribution in [0, 0.1) is 5.41 Å². The first kappa shape index (κ1) is 26.5. The molecule has 2 rings (SSSR count). The second kappa shape index (κ2) is 13.7. The van der Waals surface area contributed by atoms with Crippen molar-refractivity contribution in [1.29, 1.82) is 0 Å². The number of carbonyl (C=O) groups excluding carboxylic acids is 1. The number of methoxy groups -OCH3 is 3. The highest BCUT2D eigenvalue weighted by Gasteiger charge is 2.33. The molecule has 0 bridgehead atoms. The lowest BCUT2D eigenvalue weighted by atomic mass is 9.83. The van der Waals surface area contributed by atoms with Crippen molar-refractivity contribution in [3.8, 4) is 5.75 Å². The fourth-order valence-corrected chi connectivity index (χ4v) is 3.87. The molecule has 2 N–H and O–H groups in total. The van der Waals surface area contributed by atoms with E-state index in [9.17, 15) is 4.79 Å². The van der Waals surface area contributed by atoms with Gasteiger partial charge in [0, 0.05) is 26.8 Å². The summed E-state index contributed by atoms with van der Waals surface area (Å²) in [6.45, 7) is 4.97. The number of benzene rings is 1. The Morgan fingerprint density at radius 1 is 1.17 bits per heavy atom. The average molecular weight is 533 g/mol. The Balaban J connectivity index is 0.00000450. The molecule has 0 saturated heterocycles. The predicted octanol–water partition coefficient (Wildman–Crippen LogP) is 3.75. The molecule has 7 nitrogen and oxygen atoms in total. The molecule has 1 aromatic rings. The van der Waals surface area contributed by atoms with Crippen LogP contribution in [0.1, 0.15) is 54.9 Å². The van der Waals surface area contributed by atoms with E-state index in [1.165, 1.54) is 39.9 Å². The molecule has 30 heavy (non-hydrogen) atoms. The molecule has 0 unspecified atom stereocenters. The van der Waals surface area contributed by atoms with Gasteiger partial charge < -0.3 is 24.8 Å². The minimum Gasteiger partial charge on any atom is -0.496 e. The van der Waals surface area contributed by atoms with Gasteiger partial charge in [-0.15, -0.1) is 24.0 Å². The zero-order valence-corrected chi connectivity index (χ0v) is 20.9. The van der Waals surface area contributed by atoms with Crippen LogP contribution in [-0.2, 0) is 16.0 Å². The summed E-state index contributed by atoms with van der Waals surface area (Å²) in [6.07, 6.45) is 6.08. The summed E-state index contributed by atoms with van der Waals surface area (Å²) in [7, 11) is 4.66. The molecule has 1 aliphatic rings. The molecule has 0 amide bonds. The van der Waals surface area contributed by atoms with Gasteiger partial charge in [-0.2, -0.15) is 0 Å². The number of nitrogens with one attached hydrogen (secondary N) is 2. The first-order valence-electron chi connectivity index (χ1n) is 10.3. The summed E-state index contributed by atoms with van der Waals surface area (Å²) in [4.78, 5) is 16.7. The molecule has 0 aromatic heterocycles. The molecule has 0 aliphatic heterocycles. The number of nitrogens with zero attached hydrogens (tertiary/aromatic N) is 1. The summed E-state index contributed by atoms with van der Waals surface area (Å²) in [5.41, 5.74) is 1.60. The molecule has 1 aromatic carbocycles. The lowest BCUT2D eigenvalue weighted by Gasteiger charge is -2.30. The van der Waals surface area contributed by atoms with E-state index in [0.29, 0.717) is 17.9 Å². The number of carbonyl (C=O) groups is 1. The van der Waals surface area contributed by atoms with Crippen molar-refractivity contribution < 1.29 is 19.0 Å². The normalized spacial score (nSPS) is 15.3. The Morgan fingerprint density at radius 2 is 1.90 bits per heavy atom. The van der Waals surface area contributed by atoms with Crippen molar-refractivity contribution in [2.75, 3.05) is 41.0 Å². The van der Waals surface area contributed by atoms with Crippen LogP contribution in [0.25, 0.3) is 0 Å². The highest BCUT2D eigenvalue weighted by atomic mass is 127. The monoisotopic (exact) mass is 533 g/mol. The van der Waals surface area contributed by atoms with Crippen LogP contribution < -0.4 is 15.4 Å². The van der Waals surface area contributed by atoms with Gasteiger partial charge in [0.1, 0.15) is 11.3 Å². The Hall–Kier alpha value is -1.55. The molecule has 170 valence electrons. The fraction of sp³-hybridized carbons (Fsp3) is 0.636. The number of guanidine groups is 1. The van der Waals surface area contributed by atoms with E-state index in [1.807, 2.05) is 6.07 Å². The van der Waals surface area contributed by atoms with Crippen molar-refractivity contribution in [3.05, 3.63) is 29.3 Å². The van der Waals surface area contributed by atoms with Crippen molar-refractivity contribution in [2.45, 2.75) is 45.6 Å². The van der Waals surface area contributed by atoms with Gasteiger partial charge in [0.2, 0.25) is 0 Å². The van der Waals surface area contributed by atoms with E-state index in [2.05, 4.69) is 17.6 Å². The number of ether oxygens (including phenoxy) is 3. The van der Waals surface area contributed by atoms with Crippen molar-refractivity contribution in [2.24, 2.45) is 10.4 Å². The second-order valence-corrected chi connectivity index (χ2v) is 7.52. The van der Waals surface area contributed by atoms with E-state index < -0.39 is 5.97 Å². The Kier molecular flexibility index (Phi) is 12.1. The molecule has 0 atom stereocenters. The standard InChI is InChI=1S/C22H35N3O4.HI/c1-5-23-21(25-16-22(12-13-27-2)10-6-7-11-22)24-15-17-8-9-19(28-3)18(14-17)20(26)29-4;/h8-9,14H,5-7,10-13,15-16H2,1-4H3,(H2,23,24,25);1H. The van der Waals surface area contributed by atoms with Crippen LogP contribution in [-0.4, -0.2) is 53.0 Å². The van der Waals surface area contributed by atoms with Gasteiger partial charge in [-0.1, -0.05) is 18.9 Å². The molecule has 1 aliphatic carbocycles. The molecular formula is C22H36IN3O4. The topological polar surface area (TPSA) is 81.2 Å². The third-order valence-corrected chi connectivity index (χ3v) is 5.56. The maximum Gasteiger partial charge on any atom is 0.341 e. The van der Waals surface area contributed by atoms with E-state index >= 15 is 0 Å². The number of rotatable bonds is 10. The van der Waals surface area contributed by atoms with E-state index in [4.69, 9.17) is 19.2 Å². The molecule has 1 saturated carbocycles. The second-order valence-electron chi connectivity index (χ2n) is 7.52. The SMILES string of the molecule is CCNC(=NCc1ccc(OC)c(C(=O)OC)c1)NCC1(CCOC)CCCC1.I. The maximum absolute atomic E-state index is 12.0. The Bertz CT molecular complexity index is 691. The summed E-state index contributed by atoms with van der Waals surface area (Å²) >= 11 is 0. The summed E-state index contributed by atoms with van der Waals surface area (Å²) < 4.78 is 15.4. The number of aliphatic imine (C=N–C) groups is 1. The number of esters is 1. The van der Waals surface area contributed by atoms with Gasteiger partial charge in [0.15, 0.2) is 5.96 Å². The van der Waals surface area contributed by atoms with Crippen molar-refractivity contribution in [1.82, 2.24) is 10.6 Å². The zero-order valence-electron chi connectivity index (χ0n) is 18.6. The summed E-state index contributed by atoms with van der Waals surface area (Å²) in [6, 6.07) is 5.46. The number of hydrogen-bond acceptors (Lipinski definition) is 5. The van der Waals surface area contributed by atoms with Crippen LogP contribution in [0.3, 0.4) is 0 Å². The first-order chi connectivity index (χ1) is 14.1. The predicted molar refractivity (Wildman–Crippen MR) is 130 cm³/mol. The number of hydrogen-bond donors (Lipinski definition) is 2. The Labute approximate surface area is 197 Å². The van der Waals surface area contributed by atoms with Gasteiger partial charge in [-0.05, 0) is 49.3 Å². The minimum atomic E-state index is -0.418. The molecular weight excluding hydrogens is 497 g/mol. The van der Waals surface area contributed by atoms with Crippen LogP contribution >= 0.6 is 24.0 Å². The molecule has 0 heterocycles. The van der Waals surface area contributed by atoms with Gasteiger partial charge in [0.05, 0.1) is 20.8 Å². The van der Waals surface area contributed by atoms with Crippen molar-refractivity contribution >= 4 is 35.9 Å². The largest absolute Gasteiger partial charge is 0.496 e. The van der Waals surface area contributed by atoms with Gasteiger partial charge in [-0.25, -0.2) is 9.79 Å². The van der Waals surface area contributed by atoms with Crippen LogP contribution in [0.4, 0.5) is 0 Å². The third-order valence-electron chi connectivity index (χ3n) is 5.56. The molecule has 8 heteroatoms. The third kappa shape index (κ3) is 7.61. The molecule has 0 radical (unpaired) electrons. The minimum absolute atomic E-state index is 0. The quantitative estimate of drug-likeness (QED) is 0.207. The van der Waals surface area contributed by atoms with Crippen LogP contribution in [0.2, 0.25) is 0 Å². The highest BCUT2D eigenvalue weighted by Crippen LogP contribution is 2.40. The first-order valence-corrected chi connectivity index (χ1v) is 10.3. The highest BCUT2D eigenvalue weighted by molar-refractivity contribution is 14.0.